The molecule has 0 aromatic rings. The quantitative estimate of drug-likeness (QED) is 0.551. The van der Waals surface area contributed by atoms with Gasteiger partial charge in [0.15, 0.2) is 0 Å². The van der Waals surface area contributed by atoms with Crippen molar-refractivity contribution < 1.29 is 9.53 Å². The Balaban J connectivity index is 3.05. The van der Waals surface area contributed by atoms with E-state index in [1.54, 1.807) is 0 Å². The van der Waals surface area contributed by atoms with Gasteiger partial charge >= 0.3 is 0 Å². The summed E-state index contributed by atoms with van der Waals surface area (Å²) in [5.74, 6) is 0.926. The molecule has 0 radical (unpaired) electrons. The van der Waals surface area contributed by atoms with Crippen LogP contribution in [-0.4, -0.2) is 19.0 Å². The van der Waals surface area contributed by atoms with Crippen molar-refractivity contribution in [1.29, 1.82) is 0 Å². The van der Waals surface area contributed by atoms with Crippen molar-refractivity contribution in [1.82, 2.24) is 0 Å². The first kappa shape index (κ1) is 11.6. The highest BCUT2D eigenvalue weighted by Crippen LogP contribution is 1.97. The Kier molecular flexibility index (Phi) is 7.06. The summed E-state index contributed by atoms with van der Waals surface area (Å²) in [5, 5.41) is 0. The average Bonchev–Trinajstić information content (AvgIpc) is 2.03. The third-order valence-corrected chi connectivity index (χ3v) is 1.59. The molecule has 0 atom stereocenters. The molecule has 0 saturated carbocycles. The van der Waals surface area contributed by atoms with E-state index in [4.69, 9.17) is 4.74 Å². The standard InChI is InChI=1S/C10H20O2/c1-4-10(11)6-5-7-12-8-9(2)3/h9H,4-8H2,1-3H3. The summed E-state index contributed by atoms with van der Waals surface area (Å²) in [7, 11) is 0. The lowest BCUT2D eigenvalue weighted by Gasteiger charge is -2.05. The molecule has 2 heteroatoms. The molecule has 0 aliphatic carbocycles. The summed E-state index contributed by atoms with van der Waals surface area (Å²) in [6.45, 7) is 7.68. The molecule has 0 fully saturated rings. The molecule has 0 aliphatic heterocycles. The molecule has 0 N–H and O–H groups in total. The molecule has 0 aromatic heterocycles. The highest BCUT2D eigenvalue weighted by Gasteiger charge is 1.98. The van der Waals surface area contributed by atoms with Crippen molar-refractivity contribution in [2.45, 2.75) is 40.0 Å². The molecule has 0 spiro atoms. The number of ether oxygens (including phenoxy) is 1. The second-order valence-electron chi connectivity index (χ2n) is 3.46. The zero-order chi connectivity index (χ0) is 9.40. The van der Waals surface area contributed by atoms with Crippen molar-refractivity contribution in [2.75, 3.05) is 13.2 Å². The molecule has 72 valence electrons. The third kappa shape index (κ3) is 7.73. The van der Waals surface area contributed by atoms with E-state index in [2.05, 4.69) is 13.8 Å². The van der Waals surface area contributed by atoms with E-state index in [1.807, 2.05) is 6.92 Å². The molecule has 0 aromatic carbocycles. The summed E-state index contributed by atoms with van der Waals surface area (Å²) < 4.78 is 5.34. The van der Waals surface area contributed by atoms with Gasteiger partial charge in [-0.2, -0.15) is 0 Å². The normalized spacial score (nSPS) is 10.7. The smallest absolute Gasteiger partial charge is 0.132 e. The van der Waals surface area contributed by atoms with Crippen LogP contribution in [0.4, 0.5) is 0 Å². The summed E-state index contributed by atoms with van der Waals surface area (Å²) in [4.78, 5) is 10.9. The van der Waals surface area contributed by atoms with E-state index < -0.39 is 0 Å². The van der Waals surface area contributed by atoms with Gasteiger partial charge in [0.2, 0.25) is 0 Å². The maximum atomic E-state index is 10.9. The summed E-state index contributed by atoms with van der Waals surface area (Å²) >= 11 is 0. The van der Waals surface area contributed by atoms with E-state index in [0.29, 0.717) is 24.5 Å². The van der Waals surface area contributed by atoms with Crippen LogP contribution >= 0.6 is 0 Å². The van der Waals surface area contributed by atoms with Crippen molar-refractivity contribution in [3.05, 3.63) is 0 Å². The van der Waals surface area contributed by atoms with Gasteiger partial charge < -0.3 is 4.74 Å². The Morgan fingerprint density at radius 2 is 2.08 bits per heavy atom. The molecule has 0 heterocycles. The largest absolute Gasteiger partial charge is 0.381 e. The fourth-order valence-corrected chi connectivity index (χ4v) is 0.867. The van der Waals surface area contributed by atoms with Crippen LogP contribution in [-0.2, 0) is 9.53 Å². The van der Waals surface area contributed by atoms with Gasteiger partial charge in [-0.25, -0.2) is 0 Å². The fourth-order valence-electron chi connectivity index (χ4n) is 0.867. The van der Waals surface area contributed by atoms with Crippen LogP contribution in [0.3, 0.4) is 0 Å². The number of Topliss-reactive ketones (excluding diaryl/α,β-unsaturated/α-hetero) is 1. The lowest BCUT2D eigenvalue weighted by atomic mass is 10.2. The lowest BCUT2D eigenvalue weighted by Crippen LogP contribution is -2.05. The summed E-state index contributed by atoms with van der Waals surface area (Å²) in [5.41, 5.74) is 0. The number of ketones is 1. The van der Waals surface area contributed by atoms with Crippen molar-refractivity contribution in [3.63, 3.8) is 0 Å². The van der Waals surface area contributed by atoms with E-state index in [-0.39, 0.29) is 0 Å². The van der Waals surface area contributed by atoms with Crippen LogP contribution < -0.4 is 0 Å². The van der Waals surface area contributed by atoms with Gasteiger partial charge in [0.05, 0.1) is 0 Å². The number of rotatable bonds is 7. The summed E-state index contributed by atoms with van der Waals surface area (Å²) in [6, 6.07) is 0. The van der Waals surface area contributed by atoms with Crippen molar-refractivity contribution in [3.8, 4) is 0 Å². The third-order valence-electron chi connectivity index (χ3n) is 1.59. The molecule has 0 bridgehead atoms. The van der Waals surface area contributed by atoms with E-state index >= 15 is 0 Å². The highest BCUT2D eigenvalue weighted by atomic mass is 16.5. The first-order chi connectivity index (χ1) is 5.66. The van der Waals surface area contributed by atoms with Crippen LogP contribution in [0.5, 0.6) is 0 Å². The van der Waals surface area contributed by atoms with Crippen LogP contribution in [0.1, 0.15) is 40.0 Å². The minimum absolute atomic E-state index is 0.336. The summed E-state index contributed by atoms with van der Waals surface area (Å²) in [6.07, 6.45) is 2.21. The predicted molar refractivity (Wildman–Crippen MR) is 50.2 cm³/mol. The van der Waals surface area contributed by atoms with Gasteiger partial charge in [-0.1, -0.05) is 20.8 Å². The van der Waals surface area contributed by atoms with Gasteiger partial charge in [0, 0.05) is 26.1 Å². The molecule has 0 saturated heterocycles. The molecule has 0 unspecified atom stereocenters. The van der Waals surface area contributed by atoms with Gasteiger partial charge in [0.25, 0.3) is 0 Å². The van der Waals surface area contributed by atoms with Crippen molar-refractivity contribution in [2.24, 2.45) is 5.92 Å². The van der Waals surface area contributed by atoms with E-state index in [0.717, 1.165) is 19.6 Å². The first-order valence-electron chi connectivity index (χ1n) is 4.76. The minimum atomic E-state index is 0.336. The van der Waals surface area contributed by atoms with Gasteiger partial charge in [-0.05, 0) is 12.3 Å². The first-order valence-corrected chi connectivity index (χ1v) is 4.76. The molecule has 0 amide bonds. The zero-order valence-electron chi connectivity index (χ0n) is 8.43. The number of carbonyl (C=O) groups excluding carboxylic acids is 1. The molecule has 0 rings (SSSR count). The Bertz CT molecular complexity index is 119. The number of hydrogen-bond donors (Lipinski definition) is 0. The lowest BCUT2D eigenvalue weighted by molar-refractivity contribution is -0.119. The van der Waals surface area contributed by atoms with Gasteiger partial charge in [-0.15, -0.1) is 0 Å². The Labute approximate surface area is 75.3 Å². The Morgan fingerprint density at radius 3 is 2.58 bits per heavy atom. The zero-order valence-corrected chi connectivity index (χ0v) is 8.43. The highest BCUT2D eigenvalue weighted by molar-refractivity contribution is 5.77. The number of hydrogen-bond acceptors (Lipinski definition) is 2. The maximum Gasteiger partial charge on any atom is 0.132 e. The van der Waals surface area contributed by atoms with E-state index in [9.17, 15) is 4.79 Å². The Hall–Kier alpha value is -0.370. The second kappa shape index (κ2) is 7.29. The predicted octanol–water partition coefficient (Wildman–Crippen LogP) is 2.42. The molecule has 0 aliphatic rings. The van der Waals surface area contributed by atoms with E-state index in [1.165, 1.54) is 0 Å². The van der Waals surface area contributed by atoms with Crippen molar-refractivity contribution >= 4 is 5.78 Å². The fraction of sp³-hybridized carbons (Fsp3) is 0.900. The maximum absolute atomic E-state index is 10.9. The average molecular weight is 172 g/mol. The molecular weight excluding hydrogens is 152 g/mol. The SMILES string of the molecule is CCC(=O)CCCOCC(C)C. The molecular formula is C10H20O2. The monoisotopic (exact) mass is 172 g/mol. The number of carbonyl (C=O) groups is 1. The second-order valence-corrected chi connectivity index (χ2v) is 3.46. The van der Waals surface area contributed by atoms with Crippen LogP contribution in [0, 0.1) is 5.92 Å². The van der Waals surface area contributed by atoms with Gasteiger partial charge in [-0.3, -0.25) is 4.79 Å². The van der Waals surface area contributed by atoms with Crippen LogP contribution in [0.25, 0.3) is 0 Å². The molecule has 2 nitrogen and oxygen atoms in total. The minimum Gasteiger partial charge on any atom is -0.381 e. The van der Waals surface area contributed by atoms with Gasteiger partial charge in [0.1, 0.15) is 5.78 Å². The topological polar surface area (TPSA) is 26.3 Å². The van der Waals surface area contributed by atoms with Crippen LogP contribution in [0.15, 0.2) is 0 Å². The molecule has 12 heavy (non-hydrogen) atoms. The van der Waals surface area contributed by atoms with Crippen LogP contribution in [0.2, 0.25) is 0 Å². The Morgan fingerprint density at radius 1 is 1.42 bits per heavy atom.